The van der Waals surface area contributed by atoms with E-state index >= 15 is 0 Å². The zero-order chi connectivity index (χ0) is 13.1. The molecule has 1 aromatic heterocycles. The molecule has 0 aliphatic heterocycles. The molecule has 5 nitrogen and oxygen atoms in total. The lowest BCUT2D eigenvalue weighted by Gasteiger charge is -2.26. The van der Waals surface area contributed by atoms with Gasteiger partial charge in [-0.2, -0.15) is 0 Å². The maximum atomic E-state index is 11.3. The van der Waals surface area contributed by atoms with E-state index in [9.17, 15) is 8.42 Å². The first-order chi connectivity index (χ1) is 7.81. The molecule has 0 saturated carbocycles. The van der Waals surface area contributed by atoms with Crippen LogP contribution in [-0.2, 0) is 16.4 Å². The van der Waals surface area contributed by atoms with Crippen molar-refractivity contribution in [1.29, 1.82) is 0 Å². The lowest BCUT2D eigenvalue weighted by atomic mass is 10.3. The summed E-state index contributed by atoms with van der Waals surface area (Å²) < 4.78 is 22.5. The molecular weight excluding hydrogens is 258 g/mol. The molecule has 1 atom stereocenters. The normalized spacial score (nSPS) is 14.1. The number of sulfone groups is 1. The van der Waals surface area contributed by atoms with Gasteiger partial charge in [-0.25, -0.2) is 13.4 Å². The van der Waals surface area contributed by atoms with Gasteiger partial charge < -0.3 is 5.73 Å². The van der Waals surface area contributed by atoms with Crippen LogP contribution in [0.2, 0.25) is 0 Å². The molecule has 1 unspecified atom stereocenters. The van der Waals surface area contributed by atoms with Gasteiger partial charge in [-0.3, -0.25) is 4.90 Å². The van der Waals surface area contributed by atoms with Gasteiger partial charge in [0.25, 0.3) is 0 Å². The third-order valence-electron chi connectivity index (χ3n) is 2.50. The summed E-state index contributed by atoms with van der Waals surface area (Å²) in [6.45, 7) is 5.44. The van der Waals surface area contributed by atoms with Gasteiger partial charge in [-0.1, -0.05) is 6.92 Å². The van der Waals surface area contributed by atoms with Gasteiger partial charge in [0.1, 0.15) is 9.84 Å². The van der Waals surface area contributed by atoms with Gasteiger partial charge in [0.05, 0.1) is 5.75 Å². The molecule has 0 amide bonds. The Morgan fingerprint density at radius 2 is 2.24 bits per heavy atom. The molecule has 17 heavy (non-hydrogen) atoms. The lowest BCUT2D eigenvalue weighted by Crippen LogP contribution is -2.37. The Hall–Kier alpha value is -0.660. The molecule has 0 bridgehead atoms. The molecule has 0 spiro atoms. The second-order valence-electron chi connectivity index (χ2n) is 4.17. The number of rotatable bonds is 6. The van der Waals surface area contributed by atoms with Gasteiger partial charge in [0, 0.05) is 29.9 Å². The van der Waals surface area contributed by atoms with Crippen LogP contribution in [0.25, 0.3) is 0 Å². The van der Waals surface area contributed by atoms with Crippen LogP contribution in [0.15, 0.2) is 6.20 Å². The van der Waals surface area contributed by atoms with E-state index in [0.717, 1.165) is 11.4 Å². The van der Waals surface area contributed by atoms with Crippen LogP contribution in [0.4, 0.5) is 5.13 Å². The van der Waals surface area contributed by atoms with E-state index in [1.165, 1.54) is 17.6 Å². The Labute approximate surface area is 107 Å². The largest absolute Gasteiger partial charge is 0.375 e. The summed E-state index contributed by atoms with van der Waals surface area (Å²) in [7, 11) is -2.94. The van der Waals surface area contributed by atoms with E-state index in [2.05, 4.69) is 9.88 Å². The molecule has 1 heterocycles. The van der Waals surface area contributed by atoms with Crippen LogP contribution >= 0.6 is 11.3 Å². The number of aromatic nitrogens is 1. The maximum Gasteiger partial charge on any atom is 0.180 e. The molecule has 0 aliphatic rings. The van der Waals surface area contributed by atoms with Crippen LogP contribution in [0.5, 0.6) is 0 Å². The smallest absolute Gasteiger partial charge is 0.180 e. The summed E-state index contributed by atoms with van der Waals surface area (Å²) in [5, 5.41) is 0.548. The molecule has 0 fully saturated rings. The predicted octanol–water partition coefficient (Wildman–Crippen LogP) is 0.980. The van der Waals surface area contributed by atoms with Crippen molar-refractivity contribution in [3.05, 3.63) is 11.1 Å². The Bertz CT molecular complexity index is 456. The average molecular weight is 277 g/mol. The molecule has 2 N–H and O–H groups in total. The molecule has 1 aromatic rings. The molecule has 0 aromatic carbocycles. The first-order valence-electron chi connectivity index (χ1n) is 5.43. The minimum atomic E-state index is -2.94. The number of thiazole rings is 1. The molecule has 0 saturated heterocycles. The Kier molecular flexibility index (Phi) is 4.91. The van der Waals surface area contributed by atoms with Crippen molar-refractivity contribution in [3.63, 3.8) is 0 Å². The van der Waals surface area contributed by atoms with Crippen LogP contribution in [-0.4, -0.2) is 42.9 Å². The number of hydrogen-bond donors (Lipinski definition) is 1. The molecule has 1 rings (SSSR count). The summed E-state index contributed by atoms with van der Waals surface area (Å²) in [6, 6.07) is -0.00155. The summed E-state index contributed by atoms with van der Waals surface area (Å²) >= 11 is 1.44. The van der Waals surface area contributed by atoms with E-state index in [1.54, 1.807) is 6.20 Å². The minimum absolute atomic E-state index is 0.00155. The Morgan fingerprint density at radius 3 is 2.65 bits per heavy atom. The molecule has 7 heteroatoms. The van der Waals surface area contributed by atoms with E-state index in [0.29, 0.717) is 11.7 Å². The van der Waals surface area contributed by atoms with Crippen molar-refractivity contribution in [1.82, 2.24) is 9.88 Å². The Balaban J connectivity index is 2.65. The third-order valence-corrected chi connectivity index (χ3v) is 4.40. The second-order valence-corrected chi connectivity index (χ2v) is 7.50. The van der Waals surface area contributed by atoms with Crippen molar-refractivity contribution in [2.45, 2.75) is 26.4 Å². The second kappa shape index (κ2) is 5.79. The summed E-state index contributed by atoms with van der Waals surface area (Å²) in [5.41, 5.74) is 5.57. The van der Waals surface area contributed by atoms with E-state index < -0.39 is 9.84 Å². The highest BCUT2D eigenvalue weighted by molar-refractivity contribution is 7.90. The lowest BCUT2D eigenvalue weighted by molar-refractivity contribution is 0.228. The van der Waals surface area contributed by atoms with Crippen LogP contribution in [0.1, 0.15) is 18.7 Å². The van der Waals surface area contributed by atoms with Crippen LogP contribution < -0.4 is 5.73 Å². The molecule has 98 valence electrons. The van der Waals surface area contributed by atoms with E-state index in [-0.39, 0.29) is 11.8 Å². The van der Waals surface area contributed by atoms with Gasteiger partial charge in [-0.15, -0.1) is 11.3 Å². The fraction of sp³-hybridized carbons (Fsp3) is 0.700. The highest BCUT2D eigenvalue weighted by Gasteiger charge is 2.18. The number of nitrogen functional groups attached to an aromatic ring is 1. The quantitative estimate of drug-likeness (QED) is 0.839. The molecule has 0 aliphatic carbocycles. The first-order valence-corrected chi connectivity index (χ1v) is 8.31. The van der Waals surface area contributed by atoms with Gasteiger partial charge >= 0.3 is 0 Å². The Morgan fingerprint density at radius 1 is 1.59 bits per heavy atom. The first kappa shape index (κ1) is 14.4. The fourth-order valence-corrected chi connectivity index (χ4v) is 3.52. The fourth-order valence-electron chi connectivity index (χ4n) is 1.72. The summed E-state index contributed by atoms with van der Waals surface area (Å²) in [5.74, 6) is 0.176. The predicted molar refractivity (Wildman–Crippen MR) is 71.8 cm³/mol. The minimum Gasteiger partial charge on any atom is -0.375 e. The van der Waals surface area contributed by atoms with Crippen molar-refractivity contribution < 1.29 is 8.42 Å². The SMILES string of the molecule is CCN(Cc1cnc(N)s1)C(C)CS(C)(=O)=O. The number of nitrogens with zero attached hydrogens (tertiary/aromatic N) is 2. The van der Waals surface area contributed by atoms with Crippen molar-refractivity contribution >= 4 is 26.3 Å². The topological polar surface area (TPSA) is 76.3 Å². The number of anilines is 1. The molecular formula is C10H19N3O2S2. The highest BCUT2D eigenvalue weighted by atomic mass is 32.2. The van der Waals surface area contributed by atoms with Crippen LogP contribution in [0, 0.1) is 0 Å². The van der Waals surface area contributed by atoms with E-state index in [1.807, 2.05) is 13.8 Å². The van der Waals surface area contributed by atoms with Gasteiger partial charge in [0.2, 0.25) is 0 Å². The van der Waals surface area contributed by atoms with Gasteiger partial charge in [0.15, 0.2) is 5.13 Å². The van der Waals surface area contributed by atoms with Crippen molar-refractivity contribution in [2.24, 2.45) is 0 Å². The summed E-state index contributed by atoms with van der Waals surface area (Å²) in [6.07, 6.45) is 3.01. The zero-order valence-electron chi connectivity index (χ0n) is 10.4. The standard InChI is InChI=1S/C10H19N3O2S2/c1-4-13(8(2)7-17(3,14)15)6-9-5-12-10(11)16-9/h5,8H,4,6-7H2,1-3H3,(H2,11,12). The third kappa shape index (κ3) is 5.01. The van der Waals surface area contributed by atoms with Gasteiger partial charge in [-0.05, 0) is 13.5 Å². The van der Waals surface area contributed by atoms with E-state index in [4.69, 9.17) is 5.73 Å². The monoisotopic (exact) mass is 277 g/mol. The van der Waals surface area contributed by atoms with Crippen molar-refractivity contribution in [3.8, 4) is 0 Å². The zero-order valence-corrected chi connectivity index (χ0v) is 12.0. The van der Waals surface area contributed by atoms with Crippen LogP contribution in [0.3, 0.4) is 0 Å². The number of nitrogens with two attached hydrogens (primary N) is 1. The highest BCUT2D eigenvalue weighted by Crippen LogP contribution is 2.18. The average Bonchev–Trinajstić information content (AvgIpc) is 2.57. The van der Waals surface area contributed by atoms with Crippen molar-refractivity contribution in [2.75, 3.05) is 24.3 Å². The number of hydrogen-bond acceptors (Lipinski definition) is 6. The summed E-state index contributed by atoms with van der Waals surface area (Å²) in [4.78, 5) is 7.15. The maximum absolute atomic E-state index is 11.3. The molecule has 0 radical (unpaired) electrons.